The third-order valence-electron chi connectivity index (χ3n) is 3.48. The Bertz CT molecular complexity index is 399. The van der Waals surface area contributed by atoms with Gasteiger partial charge < -0.3 is 4.74 Å². The lowest BCUT2D eigenvalue weighted by Crippen LogP contribution is -2.21. The number of benzene rings is 1. The first-order valence-corrected chi connectivity index (χ1v) is 6.26. The van der Waals surface area contributed by atoms with Gasteiger partial charge in [-0.2, -0.15) is 0 Å². The van der Waals surface area contributed by atoms with Crippen LogP contribution in [0.2, 0.25) is 0 Å². The second-order valence-corrected chi connectivity index (χ2v) is 5.37. The first-order valence-electron chi connectivity index (χ1n) is 6.26. The van der Waals surface area contributed by atoms with Crippen LogP contribution in [0.1, 0.15) is 37.8 Å². The minimum Gasteiger partial charge on any atom is -0.468 e. The van der Waals surface area contributed by atoms with Crippen LogP contribution in [0.5, 0.6) is 0 Å². The quantitative estimate of drug-likeness (QED) is 0.746. The van der Waals surface area contributed by atoms with Gasteiger partial charge in [0.15, 0.2) is 0 Å². The first kappa shape index (κ1) is 12.2. The molecule has 0 unspecified atom stereocenters. The second-order valence-electron chi connectivity index (χ2n) is 5.37. The van der Waals surface area contributed by atoms with Crippen molar-refractivity contribution in [3.8, 4) is 0 Å². The monoisotopic (exact) mass is 232 g/mol. The number of hydrogen-bond donors (Lipinski definition) is 0. The highest BCUT2D eigenvalue weighted by atomic mass is 16.5. The van der Waals surface area contributed by atoms with Crippen LogP contribution in [0.4, 0.5) is 0 Å². The molecule has 2 nitrogen and oxygen atoms in total. The molecule has 2 rings (SSSR count). The zero-order valence-corrected chi connectivity index (χ0v) is 10.8. The van der Waals surface area contributed by atoms with Gasteiger partial charge in [0.1, 0.15) is 0 Å². The Morgan fingerprint density at radius 2 is 1.88 bits per heavy atom. The summed E-state index contributed by atoms with van der Waals surface area (Å²) in [6.07, 6.45) is 2.93. The van der Waals surface area contributed by atoms with Gasteiger partial charge in [-0.3, -0.25) is 4.79 Å². The second kappa shape index (κ2) is 4.52. The van der Waals surface area contributed by atoms with Crippen LogP contribution in [0.3, 0.4) is 0 Å². The number of carbonyl (C=O) groups is 1. The van der Waals surface area contributed by atoms with Crippen LogP contribution >= 0.6 is 0 Å². The van der Waals surface area contributed by atoms with Gasteiger partial charge in [-0.05, 0) is 36.3 Å². The van der Waals surface area contributed by atoms with Crippen molar-refractivity contribution < 1.29 is 9.53 Å². The van der Waals surface area contributed by atoms with Crippen molar-refractivity contribution in [1.82, 2.24) is 0 Å². The molecule has 0 saturated heterocycles. The molecular formula is C15H20O2. The average Bonchev–Trinajstić information content (AvgIpc) is 3.09. The van der Waals surface area contributed by atoms with E-state index in [0.717, 1.165) is 24.8 Å². The van der Waals surface area contributed by atoms with Crippen LogP contribution in [0, 0.1) is 5.92 Å². The summed E-state index contributed by atoms with van der Waals surface area (Å²) in [6, 6.07) is 8.44. The highest BCUT2D eigenvalue weighted by molar-refractivity contribution is 5.86. The van der Waals surface area contributed by atoms with Crippen LogP contribution in [-0.4, -0.2) is 13.1 Å². The third-order valence-corrected chi connectivity index (χ3v) is 3.48. The molecule has 0 bridgehead atoms. The molecular weight excluding hydrogens is 212 g/mol. The van der Waals surface area contributed by atoms with Crippen molar-refractivity contribution in [2.24, 2.45) is 5.92 Å². The van der Waals surface area contributed by atoms with E-state index < -0.39 is 0 Å². The Morgan fingerprint density at radius 3 is 2.29 bits per heavy atom. The molecule has 1 aromatic rings. The fourth-order valence-corrected chi connectivity index (χ4v) is 2.36. The SMILES string of the molecule is COC(=O)C1(c2ccc(CC(C)C)cc2)CC1. The summed E-state index contributed by atoms with van der Waals surface area (Å²) in [5.74, 6) is 0.574. The van der Waals surface area contributed by atoms with E-state index in [1.165, 1.54) is 12.7 Å². The summed E-state index contributed by atoms with van der Waals surface area (Å²) in [7, 11) is 1.47. The molecule has 1 aromatic carbocycles. The lowest BCUT2D eigenvalue weighted by Gasteiger charge is -2.13. The normalized spacial score (nSPS) is 16.9. The third kappa shape index (κ3) is 2.36. The van der Waals surface area contributed by atoms with Gasteiger partial charge in [0.2, 0.25) is 0 Å². The van der Waals surface area contributed by atoms with Gasteiger partial charge in [0.05, 0.1) is 12.5 Å². The number of esters is 1. The first-order chi connectivity index (χ1) is 8.08. The van der Waals surface area contributed by atoms with E-state index in [2.05, 4.69) is 38.1 Å². The lowest BCUT2D eigenvalue weighted by molar-refractivity contribution is -0.143. The van der Waals surface area contributed by atoms with Gasteiger partial charge in [0, 0.05) is 0 Å². The van der Waals surface area contributed by atoms with Crippen LogP contribution in [-0.2, 0) is 21.4 Å². The number of methoxy groups -OCH3 is 1. The van der Waals surface area contributed by atoms with E-state index in [1.807, 2.05) is 0 Å². The van der Waals surface area contributed by atoms with Gasteiger partial charge in [-0.25, -0.2) is 0 Å². The molecule has 1 fully saturated rings. The summed E-state index contributed by atoms with van der Waals surface area (Å²) in [5.41, 5.74) is 2.12. The van der Waals surface area contributed by atoms with Crippen molar-refractivity contribution in [3.05, 3.63) is 35.4 Å². The van der Waals surface area contributed by atoms with E-state index >= 15 is 0 Å². The predicted octanol–water partition coefficient (Wildman–Crippen LogP) is 3.09. The Balaban J connectivity index is 2.16. The molecule has 2 heteroatoms. The molecule has 0 N–H and O–H groups in total. The molecule has 0 radical (unpaired) electrons. The molecule has 0 spiro atoms. The maximum absolute atomic E-state index is 11.7. The number of ether oxygens (including phenoxy) is 1. The minimum absolute atomic E-state index is 0.0888. The minimum atomic E-state index is -0.328. The molecule has 1 aliphatic rings. The Kier molecular flexibility index (Phi) is 3.23. The molecule has 0 heterocycles. The number of hydrogen-bond acceptors (Lipinski definition) is 2. The summed E-state index contributed by atoms with van der Waals surface area (Å²) >= 11 is 0. The Hall–Kier alpha value is -1.31. The van der Waals surface area contributed by atoms with Crippen molar-refractivity contribution in [1.29, 1.82) is 0 Å². The summed E-state index contributed by atoms with van der Waals surface area (Å²) < 4.78 is 4.89. The molecule has 1 saturated carbocycles. The van der Waals surface area contributed by atoms with E-state index in [0.29, 0.717) is 5.92 Å². The molecule has 0 atom stereocenters. The predicted molar refractivity (Wildman–Crippen MR) is 67.9 cm³/mol. The van der Waals surface area contributed by atoms with Gasteiger partial charge >= 0.3 is 5.97 Å². The Labute approximate surface area is 103 Å². The summed E-state index contributed by atoms with van der Waals surface area (Å²) in [5, 5.41) is 0. The summed E-state index contributed by atoms with van der Waals surface area (Å²) in [6.45, 7) is 4.43. The molecule has 0 aromatic heterocycles. The van der Waals surface area contributed by atoms with E-state index in [-0.39, 0.29) is 11.4 Å². The van der Waals surface area contributed by atoms with Crippen molar-refractivity contribution >= 4 is 5.97 Å². The van der Waals surface area contributed by atoms with Crippen molar-refractivity contribution in [2.75, 3.05) is 7.11 Å². The zero-order chi connectivity index (χ0) is 12.5. The number of carbonyl (C=O) groups excluding carboxylic acids is 1. The van der Waals surface area contributed by atoms with Crippen molar-refractivity contribution in [2.45, 2.75) is 38.5 Å². The standard InChI is InChI=1S/C15H20O2/c1-11(2)10-12-4-6-13(7-5-12)15(8-9-15)14(16)17-3/h4-7,11H,8-10H2,1-3H3. The van der Waals surface area contributed by atoms with Crippen LogP contribution in [0.25, 0.3) is 0 Å². The fraction of sp³-hybridized carbons (Fsp3) is 0.533. The number of rotatable bonds is 4. The maximum atomic E-state index is 11.7. The Morgan fingerprint density at radius 1 is 1.29 bits per heavy atom. The topological polar surface area (TPSA) is 26.3 Å². The largest absolute Gasteiger partial charge is 0.468 e. The van der Waals surface area contributed by atoms with E-state index in [1.54, 1.807) is 0 Å². The maximum Gasteiger partial charge on any atom is 0.316 e. The molecule has 1 aliphatic carbocycles. The fourth-order valence-electron chi connectivity index (χ4n) is 2.36. The van der Waals surface area contributed by atoms with Crippen LogP contribution < -0.4 is 0 Å². The van der Waals surface area contributed by atoms with Gasteiger partial charge in [0.25, 0.3) is 0 Å². The zero-order valence-electron chi connectivity index (χ0n) is 10.8. The van der Waals surface area contributed by atoms with Crippen molar-refractivity contribution in [3.63, 3.8) is 0 Å². The average molecular weight is 232 g/mol. The summed E-state index contributed by atoms with van der Waals surface area (Å²) in [4.78, 5) is 11.7. The molecule has 92 valence electrons. The molecule has 17 heavy (non-hydrogen) atoms. The lowest BCUT2D eigenvalue weighted by atomic mass is 9.93. The van der Waals surface area contributed by atoms with E-state index in [9.17, 15) is 4.79 Å². The highest BCUT2D eigenvalue weighted by Crippen LogP contribution is 2.49. The van der Waals surface area contributed by atoms with Crippen LogP contribution in [0.15, 0.2) is 24.3 Å². The molecule has 0 aliphatic heterocycles. The van der Waals surface area contributed by atoms with Gasteiger partial charge in [-0.1, -0.05) is 38.1 Å². The van der Waals surface area contributed by atoms with Gasteiger partial charge in [-0.15, -0.1) is 0 Å². The highest BCUT2D eigenvalue weighted by Gasteiger charge is 2.52. The smallest absolute Gasteiger partial charge is 0.316 e. The molecule has 0 amide bonds. The van der Waals surface area contributed by atoms with E-state index in [4.69, 9.17) is 4.74 Å².